The molecule has 14 heavy (non-hydrogen) atoms. The van der Waals surface area contributed by atoms with Crippen LogP contribution in [0.25, 0.3) is 0 Å². The van der Waals surface area contributed by atoms with Crippen molar-refractivity contribution in [2.24, 2.45) is 0 Å². The van der Waals surface area contributed by atoms with Gasteiger partial charge in [0.1, 0.15) is 11.9 Å². The van der Waals surface area contributed by atoms with Crippen LogP contribution in [0.3, 0.4) is 0 Å². The van der Waals surface area contributed by atoms with E-state index in [1.807, 2.05) is 0 Å². The monoisotopic (exact) mass is 205 g/mol. The molecule has 5 nitrogen and oxygen atoms in total. The lowest BCUT2D eigenvalue weighted by Crippen LogP contribution is -2.66. The van der Waals surface area contributed by atoms with Gasteiger partial charge in [-0.25, -0.2) is 0 Å². The number of rotatable bonds is 5. The van der Waals surface area contributed by atoms with Gasteiger partial charge in [-0.15, -0.1) is 0 Å². The molecule has 0 spiro atoms. The Morgan fingerprint density at radius 2 is 1.86 bits per heavy atom. The van der Waals surface area contributed by atoms with Crippen molar-refractivity contribution >= 4 is 6.29 Å². The molecule has 0 aliphatic heterocycles. The summed E-state index contributed by atoms with van der Waals surface area (Å²) >= 11 is 0. The van der Waals surface area contributed by atoms with Crippen molar-refractivity contribution in [1.82, 2.24) is 4.90 Å². The van der Waals surface area contributed by atoms with Gasteiger partial charge in [-0.2, -0.15) is 0 Å². The largest absolute Gasteiger partial charge is 0.389 e. The number of nitrogens with zero attached hydrogens (tertiary/aromatic N) is 1. The van der Waals surface area contributed by atoms with E-state index in [4.69, 9.17) is 0 Å². The predicted octanol–water partition coefficient (Wildman–Crippen LogP) is -1.04. The third-order valence-electron chi connectivity index (χ3n) is 2.54. The number of hydrogen-bond donors (Lipinski definition) is 3. The Morgan fingerprint density at radius 3 is 2.07 bits per heavy atom. The van der Waals surface area contributed by atoms with E-state index in [2.05, 4.69) is 0 Å². The summed E-state index contributed by atoms with van der Waals surface area (Å²) in [5, 5.41) is 29.4. The Hall–Kier alpha value is -0.490. The molecule has 3 unspecified atom stereocenters. The zero-order valence-electron chi connectivity index (χ0n) is 9.06. The van der Waals surface area contributed by atoms with Gasteiger partial charge in [0, 0.05) is 6.42 Å². The molecule has 3 atom stereocenters. The van der Waals surface area contributed by atoms with Crippen LogP contribution in [0, 0.1) is 0 Å². The number of carbonyl (C=O) groups excluding carboxylic acids is 1. The molecule has 0 amide bonds. The molecular weight excluding hydrogens is 186 g/mol. The Balaban J connectivity index is 5.08. The van der Waals surface area contributed by atoms with E-state index in [0.717, 1.165) is 0 Å². The molecule has 0 aliphatic carbocycles. The minimum Gasteiger partial charge on any atom is -0.389 e. The molecule has 0 heterocycles. The Kier molecular flexibility index (Phi) is 4.20. The van der Waals surface area contributed by atoms with Crippen molar-refractivity contribution in [3.63, 3.8) is 0 Å². The normalized spacial score (nSPS) is 22.6. The molecule has 0 aromatic rings. The number of carbonyl (C=O) groups is 1. The Bertz CT molecular complexity index is 193. The topological polar surface area (TPSA) is 81.0 Å². The summed E-state index contributed by atoms with van der Waals surface area (Å²) < 4.78 is 0. The summed E-state index contributed by atoms with van der Waals surface area (Å²) in [6, 6.07) is 0. The lowest BCUT2D eigenvalue weighted by atomic mass is 9.84. The predicted molar refractivity (Wildman–Crippen MR) is 51.6 cm³/mol. The molecule has 84 valence electrons. The summed E-state index contributed by atoms with van der Waals surface area (Å²) in [5.41, 5.74) is -3.53. The zero-order valence-corrected chi connectivity index (χ0v) is 9.06. The number of aliphatic hydroxyl groups excluding tert-OH is 1. The van der Waals surface area contributed by atoms with Gasteiger partial charge in [0.05, 0.1) is 6.10 Å². The molecule has 0 bridgehead atoms. The van der Waals surface area contributed by atoms with E-state index in [1.165, 1.54) is 32.8 Å². The maximum atomic E-state index is 10.3. The quantitative estimate of drug-likeness (QED) is 0.394. The molecule has 0 radical (unpaired) electrons. The standard InChI is InChI=1S/C9H19NO4/c1-7(12)9(14,10(3)4)8(2,13)5-6-11/h6-7,12-14H,5H2,1-4H3. The lowest BCUT2D eigenvalue weighted by molar-refractivity contribution is -0.255. The van der Waals surface area contributed by atoms with Gasteiger partial charge in [-0.05, 0) is 27.9 Å². The van der Waals surface area contributed by atoms with Gasteiger partial charge in [0.2, 0.25) is 0 Å². The van der Waals surface area contributed by atoms with Crippen LogP contribution >= 0.6 is 0 Å². The number of aldehydes is 1. The minimum atomic E-state index is -1.84. The van der Waals surface area contributed by atoms with Crippen molar-refractivity contribution in [3.05, 3.63) is 0 Å². The van der Waals surface area contributed by atoms with Crippen molar-refractivity contribution in [1.29, 1.82) is 0 Å². The average molecular weight is 205 g/mol. The van der Waals surface area contributed by atoms with Gasteiger partial charge >= 0.3 is 0 Å². The average Bonchev–Trinajstić information content (AvgIpc) is 2.01. The molecule has 0 aliphatic rings. The third kappa shape index (κ3) is 2.12. The maximum Gasteiger partial charge on any atom is 0.173 e. The Morgan fingerprint density at radius 1 is 1.43 bits per heavy atom. The fourth-order valence-corrected chi connectivity index (χ4v) is 1.62. The van der Waals surface area contributed by atoms with Crippen LogP contribution in [0.5, 0.6) is 0 Å². The van der Waals surface area contributed by atoms with Crippen LogP contribution in [0.2, 0.25) is 0 Å². The molecule has 0 aromatic carbocycles. The highest BCUT2D eigenvalue weighted by Gasteiger charge is 2.51. The molecule has 0 saturated carbocycles. The van der Waals surface area contributed by atoms with Crippen molar-refractivity contribution < 1.29 is 20.1 Å². The van der Waals surface area contributed by atoms with Crippen molar-refractivity contribution in [3.8, 4) is 0 Å². The van der Waals surface area contributed by atoms with Gasteiger partial charge < -0.3 is 20.1 Å². The van der Waals surface area contributed by atoms with Crippen LogP contribution in [0.4, 0.5) is 0 Å². The van der Waals surface area contributed by atoms with Gasteiger partial charge in [-0.3, -0.25) is 4.90 Å². The summed E-state index contributed by atoms with van der Waals surface area (Å²) in [6.07, 6.45) is -0.906. The van der Waals surface area contributed by atoms with Crippen LogP contribution in [0.1, 0.15) is 20.3 Å². The number of likely N-dealkylation sites (N-methyl/N-ethyl adjacent to an activating group) is 1. The summed E-state index contributed by atoms with van der Waals surface area (Å²) in [7, 11) is 3.04. The highest BCUT2D eigenvalue weighted by Crippen LogP contribution is 2.30. The second kappa shape index (κ2) is 4.35. The smallest absolute Gasteiger partial charge is 0.173 e. The van der Waals surface area contributed by atoms with E-state index in [-0.39, 0.29) is 6.42 Å². The van der Waals surface area contributed by atoms with Crippen LogP contribution < -0.4 is 0 Å². The summed E-state index contributed by atoms with van der Waals surface area (Å²) in [4.78, 5) is 11.6. The first kappa shape index (κ1) is 13.5. The van der Waals surface area contributed by atoms with Crippen LogP contribution in [-0.2, 0) is 4.79 Å². The van der Waals surface area contributed by atoms with Crippen molar-refractivity contribution in [2.75, 3.05) is 14.1 Å². The highest BCUT2D eigenvalue weighted by atomic mass is 16.4. The van der Waals surface area contributed by atoms with E-state index in [1.54, 1.807) is 0 Å². The summed E-state index contributed by atoms with van der Waals surface area (Å²) in [6.45, 7) is 2.67. The zero-order chi connectivity index (χ0) is 11.6. The maximum absolute atomic E-state index is 10.3. The molecule has 0 aromatic heterocycles. The second-order valence-electron chi connectivity index (χ2n) is 3.94. The van der Waals surface area contributed by atoms with Crippen molar-refractivity contribution in [2.45, 2.75) is 37.7 Å². The van der Waals surface area contributed by atoms with E-state index in [9.17, 15) is 20.1 Å². The second-order valence-corrected chi connectivity index (χ2v) is 3.94. The highest BCUT2D eigenvalue weighted by molar-refractivity contribution is 5.51. The SMILES string of the molecule is CC(O)C(O)(N(C)C)C(C)(O)CC=O. The fourth-order valence-electron chi connectivity index (χ4n) is 1.62. The molecule has 3 N–H and O–H groups in total. The molecule has 0 fully saturated rings. The lowest BCUT2D eigenvalue weighted by Gasteiger charge is -2.46. The van der Waals surface area contributed by atoms with Gasteiger partial charge in [0.25, 0.3) is 0 Å². The molecule has 5 heteroatoms. The molecular formula is C9H19NO4. The number of aliphatic hydroxyl groups is 3. The Labute approximate surface area is 84.0 Å². The number of hydrogen-bond acceptors (Lipinski definition) is 5. The van der Waals surface area contributed by atoms with Gasteiger partial charge in [0.15, 0.2) is 5.72 Å². The van der Waals surface area contributed by atoms with Gasteiger partial charge in [-0.1, -0.05) is 0 Å². The van der Waals surface area contributed by atoms with E-state index < -0.39 is 17.4 Å². The fraction of sp³-hybridized carbons (Fsp3) is 0.889. The first-order valence-electron chi connectivity index (χ1n) is 4.44. The molecule has 0 rings (SSSR count). The van der Waals surface area contributed by atoms with Crippen LogP contribution in [0.15, 0.2) is 0 Å². The first-order chi connectivity index (χ1) is 6.20. The third-order valence-corrected chi connectivity index (χ3v) is 2.54. The molecule has 0 saturated heterocycles. The first-order valence-corrected chi connectivity index (χ1v) is 4.44. The summed E-state index contributed by atoms with van der Waals surface area (Å²) in [5.74, 6) is 0. The van der Waals surface area contributed by atoms with Crippen LogP contribution in [-0.4, -0.2) is 58.0 Å². The van der Waals surface area contributed by atoms with E-state index >= 15 is 0 Å². The van der Waals surface area contributed by atoms with E-state index in [0.29, 0.717) is 6.29 Å². The minimum absolute atomic E-state index is 0.243.